The highest BCUT2D eigenvalue weighted by Crippen LogP contribution is 2.20. The lowest BCUT2D eigenvalue weighted by atomic mass is 10.1. The van der Waals surface area contributed by atoms with Crippen molar-refractivity contribution in [1.29, 1.82) is 0 Å². The molecule has 0 aliphatic carbocycles. The fraction of sp³-hybridized carbons (Fsp3) is 0.111. The van der Waals surface area contributed by atoms with Crippen LogP contribution in [-0.4, -0.2) is 27.6 Å². The van der Waals surface area contributed by atoms with Gasteiger partial charge in [-0.05, 0) is 42.3 Å². The Balaban J connectivity index is 1.39. The molecular weight excluding hydrogens is 323 g/mol. The third-order valence-electron chi connectivity index (χ3n) is 4.01. The first-order valence-electron chi connectivity index (χ1n) is 7.84. The molecule has 0 radical (unpaired) electrons. The number of hydrogen-bond donors (Lipinski definition) is 3. The van der Waals surface area contributed by atoms with E-state index in [1.54, 1.807) is 30.5 Å². The SMILES string of the molecule is O=C(NCCc1c[nH]c2ccc(F)cc12)c1cc(-c2ccco2)[nH]n1. The minimum absolute atomic E-state index is 0.278. The number of hydrogen-bond acceptors (Lipinski definition) is 3. The molecule has 0 aliphatic heterocycles. The molecule has 3 aromatic heterocycles. The molecule has 0 atom stereocenters. The third-order valence-corrected chi connectivity index (χ3v) is 4.01. The number of amides is 1. The Bertz CT molecular complexity index is 1020. The van der Waals surface area contributed by atoms with Crippen LogP contribution in [0.5, 0.6) is 0 Å². The summed E-state index contributed by atoms with van der Waals surface area (Å²) in [5.74, 6) is 0.0619. The van der Waals surface area contributed by atoms with Gasteiger partial charge in [-0.25, -0.2) is 4.39 Å². The molecule has 0 bridgehead atoms. The second-order valence-electron chi connectivity index (χ2n) is 5.65. The highest BCUT2D eigenvalue weighted by Gasteiger charge is 2.13. The number of aromatic amines is 2. The lowest BCUT2D eigenvalue weighted by Crippen LogP contribution is -2.25. The second kappa shape index (κ2) is 6.27. The van der Waals surface area contributed by atoms with Crippen LogP contribution in [0.25, 0.3) is 22.4 Å². The zero-order valence-corrected chi connectivity index (χ0v) is 13.2. The molecule has 0 fully saturated rings. The maximum Gasteiger partial charge on any atom is 0.271 e. The van der Waals surface area contributed by atoms with Crippen molar-refractivity contribution < 1.29 is 13.6 Å². The van der Waals surface area contributed by atoms with Crippen LogP contribution >= 0.6 is 0 Å². The van der Waals surface area contributed by atoms with Crippen molar-refractivity contribution in [3.63, 3.8) is 0 Å². The fourth-order valence-electron chi connectivity index (χ4n) is 2.75. The molecular formula is C18H15FN4O2. The Morgan fingerprint density at radius 3 is 3.04 bits per heavy atom. The summed E-state index contributed by atoms with van der Waals surface area (Å²) in [6.45, 7) is 0.422. The van der Waals surface area contributed by atoms with E-state index in [9.17, 15) is 9.18 Å². The van der Waals surface area contributed by atoms with E-state index < -0.39 is 0 Å². The zero-order valence-electron chi connectivity index (χ0n) is 13.2. The van der Waals surface area contributed by atoms with Gasteiger partial charge in [-0.3, -0.25) is 9.89 Å². The van der Waals surface area contributed by atoms with E-state index in [1.807, 2.05) is 6.20 Å². The van der Waals surface area contributed by atoms with Crippen molar-refractivity contribution in [2.24, 2.45) is 0 Å². The molecule has 0 unspecified atom stereocenters. The van der Waals surface area contributed by atoms with Crippen molar-refractivity contribution in [1.82, 2.24) is 20.5 Å². The van der Waals surface area contributed by atoms with Crippen LogP contribution in [0.2, 0.25) is 0 Å². The van der Waals surface area contributed by atoms with Crippen LogP contribution in [-0.2, 0) is 6.42 Å². The number of nitrogens with zero attached hydrogens (tertiary/aromatic N) is 1. The number of benzene rings is 1. The molecule has 1 amide bonds. The molecule has 6 nitrogen and oxygen atoms in total. The maximum atomic E-state index is 13.4. The van der Waals surface area contributed by atoms with Crippen LogP contribution in [0, 0.1) is 5.82 Å². The van der Waals surface area contributed by atoms with E-state index in [4.69, 9.17) is 4.42 Å². The number of aromatic nitrogens is 3. The summed E-state index contributed by atoms with van der Waals surface area (Å²) in [7, 11) is 0. The van der Waals surface area contributed by atoms with Crippen molar-refractivity contribution >= 4 is 16.8 Å². The van der Waals surface area contributed by atoms with E-state index in [1.165, 1.54) is 12.1 Å². The summed E-state index contributed by atoms with van der Waals surface area (Å²) < 4.78 is 18.6. The van der Waals surface area contributed by atoms with Gasteiger partial charge in [0.1, 0.15) is 11.5 Å². The third kappa shape index (κ3) is 3.03. The number of carbonyl (C=O) groups excluding carboxylic acids is 1. The zero-order chi connectivity index (χ0) is 17.2. The first-order valence-corrected chi connectivity index (χ1v) is 7.84. The Morgan fingerprint density at radius 1 is 1.28 bits per heavy atom. The second-order valence-corrected chi connectivity index (χ2v) is 5.65. The Hall–Kier alpha value is -3.35. The molecule has 1 aromatic carbocycles. The average Bonchev–Trinajstić information content (AvgIpc) is 3.35. The molecule has 4 rings (SSSR count). The highest BCUT2D eigenvalue weighted by atomic mass is 19.1. The van der Waals surface area contributed by atoms with Gasteiger partial charge >= 0.3 is 0 Å². The Morgan fingerprint density at radius 2 is 2.20 bits per heavy atom. The summed E-state index contributed by atoms with van der Waals surface area (Å²) in [6.07, 6.45) is 3.98. The fourth-order valence-corrected chi connectivity index (χ4v) is 2.75. The van der Waals surface area contributed by atoms with Crippen molar-refractivity contribution in [3.05, 3.63) is 65.9 Å². The first kappa shape index (κ1) is 15.2. The molecule has 0 aliphatic rings. The summed E-state index contributed by atoms with van der Waals surface area (Å²) in [6, 6.07) is 9.79. The number of nitrogens with one attached hydrogen (secondary N) is 3. The molecule has 3 N–H and O–H groups in total. The number of fused-ring (bicyclic) bond motifs is 1. The van der Waals surface area contributed by atoms with Crippen LogP contribution < -0.4 is 5.32 Å². The van der Waals surface area contributed by atoms with Gasteiger partial charge in [-0.2, -0.15) is 5.10 Å². The van der Waals surface area contributed by atoms with Crippen LogP contribution in [0.4, 0.5) is 4.39 Å². The highest BCUT2D eigenvalue weighted by molar-refractivity contribution is 5.93. The van der Waals surface area contributed by atoms with Crippen LogP contribution in [0.1, 0.15) is 16.1 Å². The number of halogens is 1. The van der Waals surface area contributed by atoms with E-state index >= 15 is 0 Å². The minimum atomic E-state index is -0.278. The van der Waals surface area contributed by atoms with Crippen LogP contribution in [0.15, 0.2) is 53.3 Å². The molecule has 7 heteroatoms. The Kier molecular flexibility index (Phi) is 3.81. The summed E-state index contributed by atoms with van der Waals surface area (Å²) >= 11 is 0. The first-order chi connectivity index (χ1) is 12.2. The standard InChI is InChI=1S/C18H15FN4O2/c19-12-3-4-14-13(8-12)11(10-21-14)5-6-20-18(24)16-9-15(22-23-16)17-2-1-7-25-17/h1-4,7-10,21H,5-6H2,(H,20,24)(H,22,23). The van der Waals surface area contributed by atoms with Gasteiger partial charge in [-0.1, -0.05) is 0 Å². The largest absolute Gasteiger partial charge is 0.463 e. The topological polar surface area (TPSA) is 86.7 Å². The summed E-state index contributed by atoms with van der Waals surface area (Å²) in [5, 5.41) is 10.4. The molecule has 4 aromatic rings. The summed E-state index contributed by atoms with van der Waals surface area (Å²) in [5.41, 5.74) is 2.75. The van der Waals surface area contributed by atoms with E-state index in [-0.39, 0.29) is 17.4 Å². The monoisotopic (exact) mass is 338 g/mol. The van der Waals surface area contributed by atoms with E-state index in [0.717, 1.165) is 16.5 Å². The van der Waals surface area contributed by atoms with Gasteiger partial charge in [-0.15, -0.1) is 0 Å². The maximum absolute atomic E-state index is 13.4. The Labute approximate surface area is 142 Å². The molecule has 0 saturated heterocycles. The molecule has 3 heterocycles. The van der Waals surface area contributed by atoms with Gasteiger partial charge in [0.15, 0.2) is 11.5 Å². The average molecular weight is 338 g/mol. The summed E-state index contributed by atoms with van der Waals surface area (Å²) in [4.78, 5) is 15.3. The van der Waals surface area contributed by atoms with E-state index in [0.29, 0.717) is 24.4 Å². The molecule has 25 heavy (non-hydrogen) atoms. The van der Waals surface area contributed by atoms with Gasteiger partial charge < -0.3 is 14.7 Å². The lowest BCUT2D eigenvalue weighted by Gasteiger charge is -2.02. The van der Waals surface area contributed by atoms with Crippen LogP contribution in [0.3, 0.4) is 0 Å². The minimum Gasteiger partial charge on any atom is -0.463 e. The predicted molar refractivity (Wildman–Crippen MR) is 90.6 cm³/mol. The quantitative estimate of drug-likeness (QED) is 0.522. The van der Waals surface area contributed by atoms with Gasteiger partial charge in [0.05, 0.1) is 6.26 Å². The number of rotatable bonds is 5. The molecule has 0 saturated carbocycles. The molecule has 0 spiro atoms. The smallest absolute Gasteiger partial charge is 0.271 e. The number of furan rings is 1. The van der Waals surface area contributed by atoms with Crippen molar-refractivity contribution in [2.45, 2.75) is 6.42 Å². The molecule has 126 valence electrons. The van der Waals surface area contributed by atoms with Gasteiger partial charge in [0.2, 0.25) is 0 Å². The number of carbonyl (C=O) groups is 1. The predicted octanol–water partition coefficient (Wildman–Crippen LogP) is 3.26. The normalized spacial score (nSPS) is 11.1. The van der Waals surface area contributed by atoms with E-state index in [2.05, 4.69) is 20.5 Å². The lowest BCUT2D eigenvalue weighted by molar-refractivity contribution is 0.0949. The van der Waals surface area contributed by atoms with Crippen molar-refractivity contribution in [2.75, 3.05) is 6.54 Å². The van der Waals surface area contributed by atoms with Gasteiger partial charge in [0.25, 0.3) is 5.91 Å². The van der Waals surface area contributed by atoms with Crippen molar-refractivity contribution in [3.8, 4) is 11.5 Å². The number of H-pyrrole nitrogens is 2. The van der Waals surface area contributed by atoms with Gasteiger partial charge in [0, 0.05) is 29.7 Å².